The summed E-state index contributed by atoms with van der Waals surface area (Å²) in [7, 11) is 8.19. The molecule has 10 atom stereocenters. The summed E-state index contributed by atoms with van der Waals surface area (Å²) in [4.78, 5) is 98.4. The summed E-state index contributed by atoms with van der Waals surface area (Å²) < 4.78 is 36.5. The van der Waals surface area contributed by atoms with Crippen molar-refractivity contribution in [1.82, 2.24) is 20.0 Å². The Morgan fingerprint density at radius 3 is 1.98 bits per heavy atom. The molecule has 17 nitrogen and oxygen atoms in total. The van der Waals surface area contributed by atoms with Gasteiger partial charge in [0.05, 0.1) is 60.2 Å². The van der Waals surface area contributed by atoms with E-state index in [1.807, 2.05) is 60.5 Å². The molecule has 66 heavy (non-hydrogen) atoms. The van der Waals surface area contributed by atoms with Gasteiger partial charge in [0.2, 0.25) is 17.7 Å². The van der Waals surface area contributed by atoms with E-state index >= 15 is 0 Å². The van der Waals surface area contributed by atoms with Crippen molar-refractivity contribution < 1.29 is 57.0 Å². The Morgan fingerprint density at radius 2 is 1.48 bits per heavy atom. The quantitative estimate of drug-likeness (QED) is 0.0401. The number of nitro benzene ring substituents is 1. The van der Waals surface area contributed by atoms with Gasteiger partial charge in [-0.05, 0) is 75.2 Å². The number of ether oxygens (including phenoxy) is 4. The van der Waals surface area contributed by atoms with Crippen molar-refractivity contribution in [2.45, 2.75) is 124 Å². The van der Waals surface area contributed by atoms with Crippen LogP contribution in [0, 0.1) is 45.5 Å². The molecule has 0 spiro atoms. The molecule has 1 aliphatic heterocycles. The maximum absolute atomic E-state index is 14.7. The van der Waals surface area contributed by atoms with Crippen LogP contribution in [0.5, 0.6) is 5.75 Å². The molecule has 0 aromatic heterocycles. The van der Waals surface area contributed by atoms with Gasteiger partial charge in [-0.25, -0.2) is 9.18 Å². The fourth-order valence-electron chi connectivity index (χ4n) is 9.00. The maximum Gasteiger partial charge on any atom is 0.514 e. The van der Waals surface area contributed by atoms with Crippen LogP contribution in [0.1, 0.15) is 91.4 Å². The Bertz CT molecular complexity index is 1970. The summed E-state index contributed by atoms with van der Waals surface area (Å²) in [6.07, 6.45) is -3.52. The molecular formula is C48H70FN5O12. The highest BCUT2D eigenvalue weighted by Crippen LogP contribution is 2.32. The van der Waals surface area contributed by atoms with Gasteiger partial charge in [-0.15, -0.1) is 0 Å². The molecular weight excluding hydrogens is 858 g/mol. The van der Waals surface area contributed by atoms with Gasteiger partial charge in [0.15, 0.2) is 11.6 Å². The molecule has 366 valence electrons. The number of carbonyl (C=O) groups excluding carboxylic acids is 6. The van der Waals surface area contributed by atoms with Crippen LogP contribution < -0.4 is 10.1 Å². The minimum absolute atomic E-state index is 0.000533. The molecule has 1 N–H and O–H groups in total. The van der Waals surface area contributed by atoms with Crippen molar-refractivity contribution in [2.24, 2.45) is 29.6 Å². The van der Waals surface area contributed by atoms with E-state index < -0.39 is 82.8 Å². The van der Waals surface area contributed by atoms with Crippen molar-refractivity contribution in [1.29, 1.82) is 0 Å². The predicted molar refractivity (Wildman–Crippen MR) is 244 cm³/mol. The Balaban J connectivity index is 1.95. The highest BCUT2D eigenvalue weighted by molar-refractivity contribution is 6.01. The summed E-state index contributed by atoms with van der Waals surface area (Å²) in [6, 6.07) is 6.87. The van der Waals surface area contributed by atoms with Gasteiger partial charge < -0.3 is 34.1 Å². The number of non-ortho nitro benzene ring substituents is 1. The van der Waals surface area contributed by atoms with Gasteiger partial charge >= 0.3 is 6.16 Å². The van der Waals surface area contributed by atoms with E-state index in [1.54, 1.807) is 18.9 Å². The predicted octanol–water partition coefficient (Wildman–Crippen LogP) is 6.35. The number of hydrogen-bond acceptors (Lipinski definition) is 13. The highest BCUT2D eigenvalue weighted by Gasteiger charge is 2.47. The van der Waals surface area contributed by atoms with E-state index in [0.29, 0.717) is 6.42 Å². The van der Waals surface area contributed by atoms with Crippen molar-refractivity contribution in [3.8, 4) is 5.75 Å². The van der Waals surface area contributed by atoms with Crippen LogP contribution in [-0.2, 0) is 33.4 Å². The standard InChI is InChI=1S/C48H70FN5O12/c1-14-29(6)43(52(11)47(59)37(27(2)3)24-39(55)42(28(4)5)51(9)10)40(63-12)25-41(56)53-26-36(66-48(60)65-35-21-19-34(20-22-35)54(61)62)23-38(53)45(64-13)30(7)46(58)50-31(8)44(57)32-15-17-33(49)18-16-32/h15-22,27-31,36-38,40,42-43,45H,14,23-26H2,1-13H3,(H,50,58)/t29-,30+,31-,36-,37-,38-,40+,42-,43-,45+/m0/s1. The third kappa shape index (κ3) is 14.3. The van der Waals surface area contributed by atoms with Gasteiger partial charge in [0.1, 0.15) is 17.7 Å². The number of nitrogens with zero attached hydrogens (tertiary/aromatic N) is 4. The minimum Gasteiger partial charge on any atom is -0.429 e. The normalized spacial score (nSPS) is 18.7. The lowest BCUT2D eigenvalue weighted by atomic mass is 9.83. The molecule has 2 aromatic rings. The first kappa shape index (κ1) is 55.0. The zero-order chi connectivity index (χ0) is 49.7. The fourth-order valence-corrected chi connectivity index (χ4v) is 9.00. The van der Waals surface area contributed by atoms with Crippen LogP contribution in [0.2, 0.25) is 0 Å². The maximum atomic E-state index is 14.7. The first-order valence-electron chi connectivity index (χ1n) is 22.5. The number of likely N-dealkylation sites (N-methyl/N-ethyl adjacent to an activating group) is 2. The van der Waals surface area contributed by atoms with Crippen LogP contribution >= 0.6 is 0 Å². The first-order chi connectivity index (χ1) is 31.0. The average Bonchev–Trinajstić information content (AvgIpc) is 3.67. The molecule has 3 amide bonds. The molecule has 1 aliphatic rings. The number of benzene rings is 2. The van der Waals surface area contributed by atoms with Crippen LogP contribution in [-0.4, -0.2) is 139 Å². The van der Waals surface area contributed by atoms with Crippen LogP contribution in [0.3, 0.4) is 0 Å². The lowest BCUT2D eigenvalue weighted by Gasteiger charge is -2.41. The lowest BCUT2D eigenvalue weighted by molar-refractivity contribution is -0.384. The van der Waals surface area contributed by atoms with Gasteiger partial charge in [-0.1, -0.05) is 54.9 Å². The number of nitrogens with one attached hydrogen (secondary N) is 1. The minimum atomic E-state index is -1.13. The third-order valence-electron chi connectivity index (χ3n) is 12.7. The molecule has 18 heteroatoms. The zero-order valence-electron chi connectivity index (χ0n) is 40.6. The number of hydrogen-bond donors (Lipinski definition) is 1. The smallest absolute Gasteiger partial charge is 0.429 e. The van der Waals surface area contributed by atoms with Crippen molar-refractivity contribution in [2.75, 3.05) is 41.9 Å². The van der Waals surface area contributed by atoms with E-state index in [1.165, 1.54) is 50.3 Å². The summed E-state index contributed by atoms with van der Waals surface area (Å²) in [5, 5.41) is 13.8. The van der Waals surface area contributed by atoms with E-state index in [0.717, 1.165) is 24.3 Å². The van der Waals surface area contributed by atoms with Crippen LogP contribution in [0.4, 0.5) is 14.9 Å². The highest BCUT2D eigenvalue weighted by atomic mass is 19.1. The van der Waals surface area contributed by atoms with Gasteiger partial charge in [0, 0.05) is 57.7 Å². The molecule has 1 heterocycles. The molecule has 2 aromatic carbocycles. The number of rotatable bonds is 24. The topological polar surface area (TPSA) is 204 Å². The SMILES string of the molecule is CC[C@H](C)[C@@H]([C@@H](CC(=O)N1C[C@@H](OC(=O)Oc2ccc([N+](=O)[O-])cc2)C[C@H]1[C@H](OC)[C@@H](C)C(=O)N[C@@H](C)C(=O)c1ccc(F)cc1)OC)N(C)C(=O)[C@@H](CC(=O)[C@H](C(C)C)N(C)C)C(C)C. The number of Topliss-reactive ketones (excluding diaryl/α,β-unsaturated/α-hetero) is 2. The zero-order valence-corrected chi connectivity index (χ0v) is 40.6. The fraction of sp³-hybridized carbons (Fsp3) is 0.625. The third-order valence-corrected chi connectivity index (χ3v) is 12.7. The number of carbonyl (C=O) groups is 6. The lowest BCUT2D eigenvalue weighted by Crippen LogP contribution is -2.54. The van der Waals surface area contributed by atoms with Gasteiger partial charge in [-0.3, -0.25) is 39.0 Å². The second-order valence-electron chi connectivity index (χ2n) is 18.3. The average molecular weight is 928 g/mol. The molecule has 1 saturated heterocycles. The number of nitro groups is 1. The molecule has 0 unspecified atom stereocenters. The van der Waals surface area contributed by atoms with Crippen molar-refractivity contribution in [3.05, 3.63) is 70.0 Å². The molecule has 3 rings (SSSR count). The Morgan fingerprint density at radius 1 is 0.879 bits per heavy atom. The molecule has 0 bridgehead atoms. The molecule has 0 aliphatic carbocycles. The van der Waals surface area contributed by atoms with Gasteiger partial charge in [0.25, 0.3) is 5.69 Å². The largest absolute Gasteiger partial charge is 0.514 e. The van der Waals surface area contributed by atoms with E-state index in [-0.39, 0.29) is 78.3 Å². The molecule has 0 saturated carbocycles. The first-order valence-corrected chi connectivity index (χ1v) is 22.5. The number of amides is 3. The molecule has 1 fully saturated rings. The van der Waals surface area contributed by atoms with Gasteiger partial charge in [-0.2, -0.15) is 0 Å². The van der Waals surface area contributed by atoms with Crippen LogP contribution in [0.25, 0.3) is 0 Å². The van der Waals surface area contributed by atoms with Crippen LogP contribution in [0.15, 0.2) is 48.5 Å². The number of ketones is 2. The number of halogens is 1. The summed E-state index contributed by atoms with van der Waals surface area (Å²) >= 11 is 0. The Kier molecular flexibility index (Phi) is 20.8. The summed E-state index contributed by atoms with van der Waals surface area (Å²) in [6.45, 7) is 14.6. The summed E-state index contributed by atoms with van der Waals surface area (Å²) in [5.74, 6) is -4.23. The van der Waals surface area contributed by atoms with E-state index in [9.17, 15) is 43.3 Å². The van der Waals surface area contributed by atoms with Crippen molar-refractivity contribution >= 4 is 41.1 Å². The second kappa shape index (κ2) is 25.0. The Hall–Kier alpha value is -5.33. The van der Waals surface area contributed by atoms with Crippen molar-refractivity contribution in [3.63, 3.8) is 0 Å². The Labute approximate surface area is 388 Å². The second-order valence-corrected chi connectivity index (χ2v) is 18.3. The number of methoxy groups -OCH3 is 2. The van der Waals surface area contributed by atoms with E-state index in [4.69, 9.17) is 18.9 Å². The monoisotopic (exact) mass is 928 g/mol. The van der Waals surface area contributed by atoms with E-state index in [2.05, 4.69) is 5.32 Å². The molecule has 0 radical (unpaired) electrons. The summed E-state index contributed by atoms with van der Waals surface area (Å²) in [5.41, 5.74) is -0.0158. The number of likely N-dealkylation sites (tertiary alicyclic amines) is 1.